The van der Waals surface area contributed by atoms with Gasteiger partial charge in [-0.15, -0.1) is 0 Å². The standard InChI is InChI=1S/C23H21F3N4O2S/c1-14-21(31)30(16-4-7-18(8-5-16)33-23(24,25)26)22(32)29(14)13-15-10-11-27-20-12-17(28(2)3)6-9-19(15)20/h4-12,31H,13H2,1-3H3. The van der Waals surface area contributed by atoms with E-state index in [0.29, 0.717) is 5.69 Å². The van der Waals surface area contributed by atoms with Crippen LogP contribution in [0.3, 0.4) is 0 Å². The molecular weight excluding hydrogens is 453 g/mol. The Morgan fingerprint density at radius 3 is 2.42 bits per heavy atom. The normalized spacial score (nSPS) is 11.8. The Labute approximate surface area is 191 Å². The highest BCUT2D eigenvalue weighted by Gasteiger charge is 2.29. The molecule has 0 atom stereocenters. The first-order chi connectivity index (χ1) is 15.5. The van der Waals surface area contributed by atoms with Gasteiger partial charge in [0, 0.05) is 36.3 Å². The van der Waals surface area contributed by atoms with Crippen molar-refractivity contribution in [3.05, 3.63) is 76.5 Å². The van der Waals surface area contributed by atoms with Crippen LogP contribution >= 0.6 is 11.8 Å². The fraction of sp³-hybridized carbons (Fsp3) is 0.217. The van der Waals surface area contributed by atoms with Gasteiger partial charge >= 0.3 is 11.2 Å². The van der Waals surface area contributed by atoms with Crippen LogP contribution in [0.5, 0.6) is 5.88 Å². The first-order valence-corrected chi connectivity index (χ1v) is 10.8. The third-order valence-corrected chi connectivity index (χ3v) is 6.09. The highest BCUT2D eigenvalue weighted by molar-refractivity contribution is 8.00. The number of imidazole rings is 1. The van der Waals surface area contributed by atoms with E-state index < -0.39 is 11.2 Å². The summed E-state index contributed by atoms with van der Waals surface area (Å²) in [5.74, 6) is -0.260. The molecule has 33 heavy (non-hydrogen) atoms. The van der Waals surface area contributed by atoms with Gasteiger partial charge in [-0.25, -0.2) is 9.36 Å². The van der Waals surface area contributed by atoms with Crippen molar-refractivity contribution in [3.63, 3.8) is 0 Å². The quantitative estimate of drug-likeness (QED) is 0.416. The Balaban J connectivity index is 1.72. The maximum absolute atomic E-state index is 13.2. The van der Waals surface area contributed by atoms with Gasteiger partial charge in [0.15, 0.2) is 0 Å². The lowest BCUT2D eigenvalue weighted by Gasteiger charge is -2.14. The van der Waals surface area contributed by atoms with Crippen LogP contribution in [0.4, 0.5) is 18.9 Å². The molecule has 0 bridgehead atoms. The number of hydrogen-bond acceptors (Lipinski definition) is 5. The van der Waals surface area contributed by atoms with Crippen molar-refractivity contribution in [2.45, 2.75) is 23.9 Å². The zero-order valence-electron chi connectivity index (χ0n) is 18.1. The van der Waals surface area contributed by atoms with Gasteiger partial charge in [0.25, 0.3) is 0 Å². The van der Waals surface area contributed by atoms with Crippen molar-refractivity contribution in [1.82, 2.24) is 14.1 Å². The fourth-order valence-electron chi connectivity index (χ4n) is 3.64. The molecule has 0 amide bonds. The number of nitrogens with zero attached hydrogens (tertiary/aromatic N) is 4. The Morgan fingerprint density at radius 2 is 1.79 bits per heavy atom. The predicted octanol–water partition coefficient (Wildman–Crippen LogP) is 4.93. The average molecular weight is 475 g/mol. The molecule has 0 unspecified atom stereocenters. The summed E-state index contributed by atoms with van der Waals surface area (Å²) in [6.45, 7) is 1.82. The lowest BCUT2D eigenvalue weighted by atomic mass is 10.1. The summed E-state index contributed by atoms with van der Waals surface area (Å²) in [6, 6.07) is 13.0. The molecule has 0 saturated carbocycles. The molecule has 0 radical (unpaired) electrons. The number of thioether (sulfide) groups is 1. The highest BCUT2D eigenvalue weighted by Crippen LogP contribution is 2.37. The summed E-state index contributed by atoms with van der Waals surface area (Å²) in [6.07, 6.45) is 1.67. The van der Waals surface area contributed by atoms with Crippen LogP contribution in [0, 0.1) is 6.92 Å². The van der Waals surface area contributed by atoms with Crippen LogP contribution in [0.25, 0.3) is 16.6 Å². The zero-order chi connectivity index (χ0) is 23.9. The third-order valence-electron chi connectivity index (χ3n) is 5.35. The second-order valence-corrected chi connectivity index (χ2v) is 8.86. The minimum absolute atomic E-state index is 0.00436. The number of benzene rings is 2. The summed E-state index contributed by atoms with van der Waals surface area (Å²) in [7, 11) is 3.88. The van der Waals surface area contributed by atoms with Crippen LogP contribution in [0.2, 0.25) is 0 Å². The number of anilines is 1. The lowest BCUT2D eigenvalue weighted by Crippen LogP contribution is -2.24. The van der Waals surface area contributed by atoms with Gasteiger partial charge in [-0.05, 0) is 66.7 Å². The van der Waals surface area contributed by atoms with E-state index in [1.54, 1.807) is 13.1 Å². The number of fused-ring (bicyclic) bond motifs is 1. The molecule has 4 aromatic rings. The van der Waals surface area contributed by atoms with E-state index >= 15 is 0 Å². The summed E-state index contributed by atoms with van der Waals surface area (Å²) in [4.78, 5) is 19.6. The molecule has 0 aliphatic carbocycles. The summed E-state index contributed by atoms with van der Waals surface area (Å²) < 4.78 is 40.3. The number of halogens is 3. The maximum Gasteiger partial charge on any atom is 0.446 e. The molecule has 10 heteroatoms. The van der Waals surface area contributed by atoms with Crippen LogP contribution in [0.1, 0.15) is 11.3 Å². The van der Waals surface area contributed by atoms with E-state index in [-0.39, 0.29) is 34.8 Å². The fourth-order valence-corrected chi connectivity index (χ4v) is 4.17. The first kappa shape index (κ1) is 22.8. The van der Waals surface area contributed by atoms with E-state index in [1.165, 1.54) is 28.8 Å². The SMILES string of the molecule is Cc1c(O)n(-c2ccc(SC(F)(F)F)cc2)c(=O)n1Cc1ccnc2cc(N(C)C)ccc12. The van der Waals surface area contributed by atoms with Gasteiger partial charge in [-0.2, -0.15) is 13.2 Å². The molecule has 0 aliphatic heterocycles. The largest absolute Gasteiger partial charge is 0.493 e. The van der Waals surface area contributed by atoms with Gasteiger partial charge < -0.3 is 10.0 Å². The molecule has 0 aliphatic rings. The number of pyridine rings is 1. The minimum atomic E-state index is -4.40. The molecule has 6 nitrogen and oxygen atoms in total. The first-order valence-electron chi connectivity index (χ1n) is 9.97. The Morgan fingerprint density at radius 1 is 1.09 bits per heavy atom. The molecule has 2 heterocycles. The Hall–Kier alpha value is -3.40. The molecular formula is C23H21F3N4O2S. The number of rotatable bonds is 5. The monoisotopic (exact) mass is 474 g/mol. The Kier molecular flexibility index (Phi) is 5.87. The van der Waals surface area contributed by atoms with E-state index in [0.717, 1.165) is 26.7 Å². The van der Waals surface area contributed by atoms with Crippen LogP contribution in [-0.2, 0) is 6.54 Å². The zero-order valence-corrected chi connectivity index (χ0v) is 18.9. The van der Waals surface area contributed by atoms with E-state index in [1.807, 2.05) is 43.3 Å². The van der Waals surface area contributed by atoms with E-state index in [2.05, 4.69) is 4.98 Å². The third kappa shape index (κ3) is 4.56. The minimum Gasteiger partial charge on any atom is -0.493 e. The van der Waals surface area contributed by atoms with Gasteiger partial charge in [0.1, 0.15) is 0 Å². The van der Waals surface area contributed by atoms with E-state index in [4.69, 9.17) is 0 Å². The average Bonchev–Trinajstić information content (AvgIpc) is 2.96. The second kappa shape index (κ2) is 8.51. The lowest BCUT2D eigenvalue weighted by molar-refractivity contribution is -0.0328. The van der Waals surface area contributed by atoms with Crippen molar-refractivity contribution in [2.24, 2.45) is 0 Å². The van der Waals surface area contributed by atoms with Crippen LogP contribution < -0.4 is 10.6 Å². The van der Waals surface area contributed by atoms with Gasteiger partial charge in [0.05, 0.1) is 23.4 Å². The molecule has 2 aromatic carbocycles. The number of hydrogen-bond donors (Lipinski definition) is 1. The van der Waals surface area contributed by atoms with Gasteiger partial charge in [0.2, 0.25) is 5.88 Å². The van der Waals surface area contributed by atoms with Crippen molar-refractivity contribution >= 4 is 28.4 Å². The van der Waals surface area contributed by atoms with Crippen LogP contribution in [0.15, 0.2) is 64.4 Å². The molecule has 1 N–H and O–H groups in total. The predicted molar refractivity (Wildman–Crippen MR) is 124 cm³/mol. The molecule has 0 fully saturated rings. The topological polar surface area (TPSA) is 63.3 Å². The van der Waals surface area contributed by atoms with Crippen molar-refractivity contribution < 1.29 is 18.3 Å². The summed E-state index contributed by atoms with van der Waals surface area (Å²) >= 11 is -0.237. The number of aromatic nitrogens is 3. The number of alkyl halides is 3. The molecule has 4 rings (SSSR count). The summed E-state index contributed by atoms with van der Waals surface area (Å²) in [5.41, 5.74) is -1.63. The second-order valence-electron chi connectivity index (χ2n) is 7.72. The molecule has 0 spiro atoms. The maximum atomic E-state index is 13.2. The highest BCUT2D eigenvalue weighted by atomic mass is 32.2. The molecule has 2 aromatic heterocycles. The van der Waals surface area contributed by atoms with Crippen molar-refractivity contribution in [3.8, 4) is 11.6 Å². The van der Waals surface area contributed by atoms with Crippen molar-refractivity contribution in [1.29, 1.82) is 0 Å². The summed E-state index contributed by atoms with van der Waals surface area (Å²) in [5, 5.41) is 11.5. The van der Waals surface area contributed by atoms with Crippen LogP contribution in [-0.4, -0.2) is 38.8 Å². The number of aromatic hydroxyl groups is 1. The molecule has 172 valence electrons. The van der Waals surface area contributed by atoms with E-state index in [9.17, 15) is 23.1 Å². The van der Waals surface area contributed by atoms with Gasteiger partial charge in [-0.1, -0.05) is 6.07 Å². The molecule has 0 saturated heterocycles. The Bertz CT molecular complexity index is 1380. The smallest absolute Gasteiger partial charge is 0.446 e. The van der Waals surface area contributed by atoms with Crippen molar-refractivity contribution in [2.75, 3.05) is 19.0 Å². The van der Waals surface area contributed by atoms with Gasteiger partial charge in [-0.3, -0.25) is 9.55 Å².